The molecule has 1 aromatic carbocycles. The third-order valence-electron chi connectivity index (χ3n) is 4.64. The van der Waals surface area contributed by atoms with Gasteiger partial charge in [-0.2, -0.15) is 0 Å². The summed E-state index contributed by atoms with van der Waals surface area (Å²) in [5.74, 6) is 0.0529. The second-order valence-corrected chi connectivity index (χ2v) is 8.58. The summed E-state index contributed by atoms with van der Waals surface area (Å²) >= 11 is 13.5. The van der Waals surface area contributed by atoms with E-state index in [-0.39, 0.29) is 30.0 Å². The van der Waals surface area contributed by atoms with Gasteiger partial charge >= 0.3 is 0 Å². The highest BCUT2D eigenvalue weighted by molar-refractivity contribution is 7.10. The summed E-state index contributed by atoms with van der Waals surface area (Å²) < 4.78 is 5.47. The summed E-state index contributed by atoms with van der Waals surface area (Å²) in [5.41, 5.74) is 0. The minimum atomic E-state index is -0.925. The van der Waals surface area contributed by atoms with Crippen molar-refractivity contribution in [3.63, 3.8) is 0 Å². The zero-order chi connectivity index (χ0) is 20.8. The number of likely N-dealkylation sites (tertiary alicyclic amines) is 1. The van der Waals surface area contributed by atoms with Crippen LogP contribution < -0.4 is 10.1 Å². The third kappa shape index (κ3) is 5.85. The van der Waals surface area contributed by atoms with Crippen LogP contribution in [0.3, 0.4) is 0 Å². The number of hydrogen-bond donors (Lipinski definition) is 2. The van der Waals surface area contributed by atoms with E-state index in [2.05, 4.69) is 5.32 Å². The highest BCUT2D eigenvalue weighted by atomic mass is 35.5. The van der Waals surface area contributed by atoms with Crippen LogP contribution in [0.2, 0.25) is 10.0 Å². The van der Waals surface area contributed by atoms with E-state index in [1.807, 2.05) is 17.5 Å². The van der Waals surface area contributed by atoms with Gasteiger partial charge < -0.3 is 20.1 Å². The minimum Gasteiger partial charge on any atom is -0.489 e. The maximum atomic E-state index is 12.5. The van der Waals surface area contributed by atoms with Gasteiger partial charge in [-0.15, -0.1) is 11.3 Å². The molecular formula is C20H22Cl2N2O4S. The van der Waals surface area contributed by atoms with Crippen molar-refractivity contribution in [3.8, 4) is 5.75 Å². The molecule has 2 unspecified atom stereocenters. The molecule has 2 N–H and O–H groups in total. The Hall–Kier alpha value is -1.80. The lowest BCUT2D eigenvalue weighted by Gasteiger charge is -2.24. The largest absolute Gasteiger partial charge is 0.489 e. The molecule has 0 aliphatic carbocycles. The number of carbonyl (C=O) groups excluding carboxylic acids is 2. The first-order valence-corrected chi connectivity index (χ1v) is 10.9. The zero-order valence-corrected chi connectivity index (χ0v) is 18.0. The maximum Gasteiger partial charge on any atom is 0.242 e. The van der Waals surface area contributed by atoms with Crippen LogP contribution in [0, 0.1) is 0 Å². The molecule has 0 bridgehead atoms. The van der Waals surface area contributed by atoms with Crippen molar-refractivity contribution in [2.45, 2.75) is 31.4 Å². The standard InChI is InChI=1S/C20H22Cl2N2O4S/c21-15-5-1-7-17(19(15)22)28-12-13(25)11-23-20(27)16-6-2-8-24(16)18(26)10-14-4-3-9-29-14/h1,3-5,7,9,13,16,25H,2,6,8,10-12H2,(H,23,27). The van der Waals surface area contributed by atoms with Gasteiger partial charge in [-0.1, -0.05) is 35.3 Å². The van der Waals surface area contributed by atoms with Crippen LogP contribution in [0.1, 0.15) is 17.7 Å². The van der Waals surface area contributed by atoms with Gasteiger partial charge in [-0.05, 0) is 36.4 Å². The minimum absolute atomic E-state index is 0.0144. The average Bonchev–Trinajstić information content (AvgIpc) is 3.39. The number of amides is 2. The SMILES string of the molecule is O=C(NCC(O)COc1cccc(Cl)c1Cl)C1CCCN1C(=O)Cc1cccs1. The number of thiophene rings is 1. The topological polar surface area (TPSA) is 78.9 Å². The molecule has 2 atom stereocenters. The summed E-state index contributed by atoms with van der Waals surface area (Å²) in [6, 6.07) is 8.30. The molecule has 156 valence electrons. The van der Waals surface area contributed by atoms with E-state index in [0.29, 0.717) is 30.2 Å². The van der Waals surface area contributed by atoms with Crippen molar-refractivity contribution < 1.29 is 19.4 Å². The molecule has 0 saturated carbocycles. The first-order chi connectivity index (χ1) is 14.0. The highest BCUT2D eigenvalue weighted by Gasteiger charge is 2.34. The monoisotopic (exact) mass is 456 g/mol. The van der Waals surface area contributed by atoms with Crippen molar-refractivity contribution in [1.29, 1.82) is 0 Å². The molecule has 1 aromatic heterocycles. The molecule has 2 aromatic rings. The number of nitrogens with zero attached hydrogens (tertiary/aromatic N) is 1. The van der Waals surface area contributed by atoms with Gasteiger partial charge in [0.05, 0.1) is 11.4 Å². The van der Waals surface area contributed by atoms with Crippen molar-refractivity contribution in [2.24, 2.45) is 0 Å². The quantitative estimate of drug-likeness (QED) is 0.639. The van der Waals surface area contributed by atoms with E-state index >= 15 is 0 Å². The van der Waals surface area contributed by atoms with Gasteiger partial charge in [-0.25, -0.2) is 0 Å². The van der Waals surface area contributed by atoms with Crippen LogP contribution in [-0.4, -0.2) is 53.7 Å². The summed E-state index contributed by atoms with van der Waals surface area (Å²) in [5, 5.41) is 15.4. The number of benzene rings is 1. The highest BCUT2D eigenvalue weighted by Crippen LogP contribution is 2.31. The second-order valence-electron chi connectivity index (χ2n) is 6.76. The Balaban J connectivity index is 1.46. The molecule has 3 rings (SSSR count). The Morgan fingerprint density at radius 3 is 2.90 bits per heavy atom. The maximum absolute atomic E-state index is 12.5. The predicted octanol–water partition coefficient (Wildman–Crippen LogP) is 3.14. The number of aliphatic hydroxyl groups is 1. The van der Waals surface area contributed by atoms with E-state index in [9.17, 15) is 14.7 Å². The fourth-order valence-corrected chi connectivity index (χ4v) is 4.22. The van der Waals surface area contributed by atoms with E-state index in [1.165, 1.54) is 11.3 Å². The molecule has 2 amide bonds. The number of hydrogen-bond acceptors (Lipinski definition) is 5. The summed E-state index contributed by atoms with van der Waals surface area (Å²) in [6.07, 6.45) is 0.781. The lowest BCUT2D eigenvalue weighted by molar-refractivity contribution is -0.138. The fraction of sp³-hybridized carbons (Fsp3) is 0.400. The average molecular weight is 457 g/mol. The molecular weight excluding hydrogens is 435 g/mol. The van der Waals surface area contributed by atoms with Gasteiger partial charge in [0.25, 0.3) is 0 Å². The van der Waals surface area contributed by atoms with Crippen molar-refractivity contribution in [1.82, 2.24) is 10.2 Å². The van der Waals surface area contributed by atoms with Crippen LogP contribution in [0.5, 0.6) is 5.75 Å². The molecule has 1 saturated heterocycles. The smallest absolute Gasteiger partial charge is 0.242 e. The van der Waals surface area contributed by atoms with Gasteiger partial charge in [0, 0.05) is 18.0 Å². The van der Waals surface area contributed by atoms with E-state index in [1.54, 1.807) is 23.1 Å². The number of carbonyl (C=O) groups is 2. The van der Waals surface area contributed by atoms with Crippen molar-refractivity contribution in [3.05, 3.63) is 50.6 Å². The van der Waals surface area contributed by atoms with Gasteiger partial charge in [0.2, 0.25) is 11.8 Å². The Bertz CT molecular complexity index is 847. The molecule has 9 heteroatoms. The first-order valence-electron chi connectivity index (χ1n) is 9.30. The van der Waals surface area contributed by atoms with E-state index in [0.717, 1.165) is 11.3 Å². The predicted molar refractivity (Wildman–Crippen MR) is 114 cm³/mol. The fourth-order valence-electron chi connectivity index (χ4n) is 3.18. The van der Waals surface area contributed by atoms with Gasteiger partial charge in [-0.3, -0.25) is 9.59 Å². The Kier molecular flexibility index (Phi) is 7.77. The molecule has 1 aliphatic rings. The molecule has 1 fully saturated rings. The molecule has 0 radical (unpaired) electrons. The van der Waals surface area contributed by atoms with Crippen molar-refractivity contribution in [2.75, 3.05) is 19.7 Å². The number of nitrogens with one attached hydrogen (secondary N) is 1. The molecule has 1 aliphatic heterocycles. The molecule has 2 heterocycles. The Morgan fingerprint density at radius 1 is 1.31 bits per heavy atom. The summed E-state index contributed by atoms with van der Waals surface area (Å²) in [6.45, 7) is 0.535. The lowest BCUT2D eigenvalue weighted by atomic mass is 10.2. The summed E-state index contributed by atoms with van der Waals surface area (Å²) in [4.78, 5) is 27.7. The number of halogens is 2. The van der Waals surface area contributed by atoms with Crippen LogP contribution in [0.25, 0.3) is 0 Å². The molecule has 6 nitrogen and oxygen atoms in total. The van der Waals surface area contributed by atoms with Crippen LogP contribution in [0.15, 0.2) is 35.7 Å². The van der Waals surface area contributed by atoms with E-state index in [4.69, 9.17) is 27.9 Å². The second kappa shape index (κ2) is 10.3. The number of ether oxygens (including phenoxy) is 1. The Labute approximate surface area is 183 Å². The van der Waals surface area contributed by atoms with Crippen LogP contribution in [-0.2, 0) is 16.0 Å². The van der Waals surface area contributed by atoms with Crippen LogP contribution >= 0.6 is 34.5 Å². The molecule has 29 heavy (non-hydrogen) atoms. The lowest BCUT2D eigenvalue weighted by Crippen LogP contribution is -2.48. The van der Waals surface area contributed by atoms with Gasteiger partial charge in [0.1, 0.15) is 29.5 Å². The van der Waals surface area contributed by atoms with Crippen LogP contribution in [0.4, 0.5) is 0 Å². The van der Waals surface area contributed by atoms with Gasteiger partial charge in [0.15, 0.2) is 0 Å². The zero-order valence-electron chi connectivity index (χ0n) is 15.6. The van der Waals surface area contributed by atoms with E-state index < -0.39 is 12.1 Å². The first kappa shape index (κ1) is 21.9. The third-order valence-corrected chi connectivity index (χ3v) is 6.32. The number of rotatable bonds is 8. The van der Waals surface area contributed by atoms with Crippen molar-refractivity contribution >= 4 is 46.4 Å². The molecule has 0 spiro atoms. The number of aliphatic hydroxyl groups excluding tert-OH is 1. The normalized spacial score (nSPS) is 17.2. The summed E-state index contributed by atoms with van der Waals surface area (Å²) in [7, 11) is 0. The Morgan fingerprint density at radius 2 is 2.14 bits per heavy atom.